The molecule has 0 spiro atoms. The molecule has 2 heterocycles. The number of rotatable bonds is 5. The molecule has 0 saturated carbocycles. The molecule has 5 nitrogen and oxygen atoms in total. The van der Waals surface area contributed by atoms with Gasteiger partial charge in [-0.05, 0) is 30.6 Å². The van der Waals surface area contributed by atoms with Crippen LogP contribution in [-0.4, -0.2) is 22.1 Å². The Bertz CT molecular complexity index is 674. The zero-order valence-corrected chi connectivity index (χ0v) is 11.9. The van der Waals surface area contributed by atoms with Gasteiger partial charge in [0.25, 0.3) is 0 Å². The molecule has 0 radical (unpaired) electrons. The Balaban J connectivity index is 1.85. The van der Waals surface area contributed by atoms with E-state index in [0.717, 1.165) is 23.1 Å². The Labute approximate surface area is 120 Å². The van der Waals surface area contributed by atoms with E-state index in [1.807, 2.05) is 36.6 Å². The topological polar surface area (TPSA) is 78.1 Å². The Hall–Kier alpha value is -1.79. The van der Waals surface area contributed by atoms with Crippen LogP contribution < -0.4 is 5.73 Å². The van der Waals surface area contributed by atoms with Crippen LogP contribution in [-0.2, 0) is 0 Å². The molecule has 0 amide bonds. The number of benzene rings is 1. The summed E-state index contributed by atoms with van der Waals surface area (Å²) in [6.45, 7) is 0. The van der Waals surface area contributed by atoms with Crippen LogP contribution in [0.2, 0.25) is 0 Å². The van der Waals surface area contributed by atoms with Crippen molar-refractivity contribution in [2.45, 2.75) is 12.5 Å². The second kappa shape index (κ2) is 5.68. The molecule has 0 aliphatic rings. The van der Waals surface area contributed by atoms with Gasteiger partial charge in [-0.1, -0.05) is 23.4 Å². The van der Waals surface area contributed by atoms with Crippen LogP contribution in [0.3, 0.4) is 0 Å². The SMILES string of the molecule is CSCC[C@H](N)c1nc(-c2cc3ccccc3o2)no1. The fourth-order valence-corrected chi connectivity index (χ4v) is 2.44. The minimum atomic E-state index is -0.229. The van der Waals surface area contributed by atoms with Crippen LogP contribution in [0.5, 0.6) is 0 Å². The first-order chi connectivity index (χ1) is 9.78. The molecule has 0 saturated heterocycles. The van der Waals surface area contributed by atoms with Crippen LogP contribution in [0.15, 0.2) is 39.3 Å². The van der Waals surface area contributed by atoms with Crippen LogP contribution in [0.4, 0.5) is 0 Å². The monoisotopic (exact) mass is 289 g/mol. The van der Waals surface area contributed by atoms with E-state index in [1.54, 1.807) is 11.8 Å². The van der Waals surface area contributed by atoms with Gasteiger partial charge in [0, 0.05) is 5.39 Å². The van der Waals surface area contributed by atoms with E-state index in [0.29, 0.717) is 17.5 Å². The van der Waals surface area contributed by atoms with Gasteiger partial charge < -0.3 is 14.7 Å². The van der Waals surface area contributed by atoms with Gasteiger partial charge in [-0.2, -0.15) is 16.7 Å². The smallest absolute Gasteiger partial charge is 0.244 e. The van der Waals surface area contributed by atoms with E-state index < -0.39 is 0 Å². The average molecular weight is 289 g/mol. The first-order valence-corrected chi connectivity index (χ1v) is 7.74. The summed E-state index contributed by atoms with van der Waals surface area (Å²) in [6, 6.07) is 9.44. The second-order valence-electron chi connectivity index (χ2n) is 4.49. The van der Waals surface area contributed by atoms with Crippen molar-refractivity contribution in [3.05, 3.63) is 36.2 Å². The molecule has 0 unspecified atom stereocenters. The summed E-state index contributed by atoms with van der Waals surface area (Å²) in [7, 11) is 0. The summed E-state index contributed by atoms with van der Waals surface area (Å²) in [6.07, 6.45) is 2.85. The van der Waals surface area contributed by atoms with Crippen LogP contribution >= 0.6 is 11.8 Å². The van der Waals surface area contributed by atoms with Gasteiger partial charge >= 0.3 is 0 Å². The van der Waals surface area contributed by atoms with Gasteiger partial charge in [0.15, 0.2) is 5.76 Å². The molecule has 1 atom stereocenters. The van der Waals surface area contributed by atoms with E-state index in [2.05, 4.69) is 10.1 Å². The lowest BCUT2D eigenvalue weighted by Crippen LogP contribution is -2.11. The van der Waals surface area contributed by atoms with E-state index >= 15 is 0 Å². The van der Waals surface area contributed by atoms with Gasteiger partial charge in [0.05, 0.1) is 6.04 Å². The molecule has 3 rings (SSSR count). The molecule has 0 aliphatic carbocycles. The molecule has 6 heteroatoms. The van der Waals surface area contributed by atoms with Crippen molar-refractivity contribution in [2.24, 2.45) is 5.73 Å². The van der Waals surface area contributed by atoms with Gasteiger partial charge in [-0.3, -0.25) is 0 Å². The highest BCUT2D eigenvalue weighted by atomic mass is 32.2. The van der Waals surface area contributed by atoms with Gasteiger partial charge in [0.2, 0.25) is 11.7 Å². The standard InChI is InChI=1S/C14H15N3O2S/c1-20-7-6-10(15)14-16-13(17-19-14)12-8-9-4-2-3-5-11(9)18-12/h2-5,8,10H,6-7,15H2,1H3/t10-/m0/s1. The third-order valence-electron chi connectivity index (χ3n) is 3.04. The number of thioether (sulfide) groups is 1. The Kier molecular flexibility index (Phi) is 3.75. The fraction of sp³-hybridized carbons (Fsp3) is 0.286. The summed E-state index contributed by atoms with van der Waals surface area (Å²) >= 11 is 1.74. The molecule has 0 fully saturated rings. The summed E-state index contributed by atoms with van der Waals surface area (Å²) in [5.74, 6) is 2.45. The number of furan rings is 1. The molecule has 1 aromatic carbocycles. The average Bonchev–Trinajstić information content (AvgIpc) is 3.10. The van der Waals surface area contributed by atoms with Crippen molar-refractivity contribution in [3.63, 3.8) is 0 Å². The predicted molar refractivity (Wildman–Crippen MR) is 79.4 cm³/mol. The number of nitrogens with zero attached hydrogens (tertiary/aromatic N) is 2. The lowest BCUT2D eigenvalue weighted by molar-refractivity contribution is 0.352. The molecule has 2 N–H and O–H groups in total. The van der Waals surface area contributed by atoms with Crippen LogP contribution in [0.1, 0.15) is 18.4 Å². The van der Waals surface area contributed by atoms with Crippen LogP contribution in [0, 0.1) is 0 Å². The number of hydrogen-bond donors (Lipinski definition) is 1. The van der Waals surface area contributed by atoms with E-state index in [-0.39, 0.29) is 6.04 Å². The summed E-state index contributed by atoms with van der Waals surface area (Å²) in [4.78, 5) is 4.32. The maximum absolute atomic E-state index is 6.01. The largest absolute Gasteiger partial charge is 0.453 e. The van der Waals surface area contributed by atoms with Crippen molar-refractivity contribution in [1.29, 1.82) is 0 Å². The predicted octanol–water partition coefficient (Wildman–Crippen LogP) is 3.24. The number of para-hydroxylation sites is 1. The van der Waals surface area contributed by atoms with Gasteiger partial charge in [-0.25, -0.2) is 0 Å². The highest BCUT2D eigenvalue weighted by molar-refractivity contribution is 7.98. The normalized spacial score (nSPS) is 12.9. The van der Waals surface area contributed by atoms with E-state index in [9.17, 15) is 0 Å². The van der Waals surface area contributed by atoms with Crippen molar-refractivity contribution in [1.82, 2.24) is 10.1 Å². The molecule has 0 bridgehead atoms. The maximum atomic E-state index is 6.01. The zero-order valence-electron chi connectivity index (χ0n) is 11.1. The number of hydrogen-bond acceptors (Lipinski definition) is 6. The zero-order chi connectivity index (χ0) is 13.9. The van der Waals surface area contributed by atoms with Gasteiger partial charge in [0.1, 0.15) is 5.58 Å². The molecule has 2 aromatic heterocycles. The third-order valence-corrected chi connectivity index (χ3v) is 3.68. The Morgan fingerprint density at radius 3 is 3.00 bits per heavy atom. The first kappa shape index (κ1) is 13.2. The lowest BCUT2D eigenvalue weighted by atomic mass is 10.2. The summed E-state index contributed by atoms with van der Waals surface area (Å²) < 4.78 is 10.9. The van der Waals surface area contributed by atoms with Crippen molar-refractivity contribution in [3.8, 4) is 11.6 Å². The number of nitrogens with two attached hydrogens (primary N) is 1. The fourth-order valence-electron chi connectivity index (χ4n) is 1.95. The highest BCUT2D eigenvalue weighted by Crippen LogP contribution is 2.26. The van der Waals surface area contributed by atoms with E-state index in [4.69, 9.17) is 14.7 Å². The quantitative estimate of drug-likeness (QED) is 0.777. The first-order valence-electron chi connectivity index (χ1n) is 6.35. The Morgan fingerprint density at radius 1 is 1.35 bits per heavy atom. The summed E-state index contributed by atoms with van der Waals surface area (Å²) in [5.41, 5.74) is 6.81. The molecular formula is C14H15N3O2S. The minimum absolute atomic E-state index is 0.229. The highest BCUT2D eigenvalue weighted by Gasteiger charge is 2.17. The van der Waals surface area contributed by atoms with Crippen molar-refractivity contribution >= 4 is 22.7 Å². The second-order valence-corrected chi connectivity index (χ2v) is 5.48. The third kappa shape index (κ3) is 2.57. The molecule has 0 aliphatic heterocycles. The molecule has 20 heavy (non-hydrogen) atoms. The molecular weight excluding hydrogens is 274 g/mol. The van der Waals surface area contributed by atoms with Crippen molar-refractivity contribution < 1.29 is 8.94 Å². The minimum Gasteiger partial charge on any atom is -0.453 e. The molecule has 104 valence electrons. The number of aromatic nitrogens is 2. The number of fused-ring (bicyclic) bond motifs is 1. The summed E-state index contributed by atoms with van der Waals surface area (Å²) in [5, 5.41) is 4.96. The van der Waals surface area contributed by atoms with Gasteiger partial charge in [-0.15, -0.1) is 0 Å². The van der Waals surface area contributed by atoms with E-state index in [1.165, 1.54) is 0 Å². The van der Waals surface area contributed by atoms with Crippen LogP contribution in [0.25, 0.3) is 22.6 Å². The maximum Gasteiger partial charge on any atom is 0.244 e. The lowest BCUT2D eigenvalue weighted by Gasteiger charge is -2.03. The molecule has 3 aromatic rings. The van der Waals surface area contributed by atoms with Crippen molar-refractivity contribution in [2.75, 3.05) is 12.0 Å². The Morgan fingerprint density at radius 2 is 2.20 bits per heavy atom.